The molecule has 0 fully saturated rings. The van der Waals surface area contributed by atoms with Crippen LogP contribution in [0.1, 0.15) is 5.56 Å². The van der Waals surface area contributed by atoms with Crippen LogP contribution in [0.4, 0.5) is 15.8 Å². The van der Waals surface area contributed by atoms with E-state index in [1.807, 2.05) is 6.07 Å². The number of rotatable bonds is 3. The summed E-state index contributed by atoms with van der Waals surface area (Å²) >= 11 is 5.77. The third kappa shape index (κ3) is 3.24. The van der Waals surface area contributed by atoms with E-state index in [1.165, 1.54) is 18.2 Å². The number of anilines is 2. The number of nitrogens with zero attached hydrogens (tertiary/aromatic N) is 1. The van der Waals surface area contributed by atoms with Crippen molar-refractivity contribution < 1.29 is 12.8 Å². The Kier molecular flexibility index (Phi) is 4.02. The van der Waals surface area contributed by atoms with Crippen LogP contribution in [0, 0.1) is 17.1 Å². The minimum atomic E-state index is -4.09. The van der Waals surface area contributed by atoms with Crippen LogP contribution in [0.3, 0.4) is 0 Å². The molecule has 0 aliphatic heterocycles. The van der Waals surface area contributed by atoms with E-state index >= 15 is 0 Å². The SMILES string of the molecule is N#Cc1ccc(NS(=O)(=O)c2cc(F)ccc2Cl)c(N)c1. The van der Waals surface area contributed by atoms with Gasteiger partial charge in [-0.3, -0.25) is 4.72 Å². The first-order valence-electron chi connectivity index (χ1n) is 5.61. The summed E-state index contributed by atoms with van der Waals surface area (Å²) in [4.78, 5) is -0.395. The molecule has 2 aromatic rings. The van der Waals surface area contributed by atoms with E-state index in [0.29, 0.717) is 5.56 Å². The van der Waals surface area contributed by atoms with Crippen LogP contribution in [0.15, 0.2) is 41.3 Å². The molecule has 0 heterocycles. The highest BCUT2D eigenvalue weighted by Crippen LogP contribution is 2.27. The van der Waals surface area contributed by atoms with Gasteiger partial charge < -0.3 is 5.73 Å². The zero-order valence-electron chi connectivity index (χ0n) is 10.5. The van der Waals surface area contributed by atoms with E-state index in [4.69, 9.17) is 22.6 Å². The van der Waals surface area contributed by atoms with Crippen molar-refractivity contribution in [1.82, 2.24) is 0 Å². The molecule has 3 N–H and O–H groups in total. The summed E-state index contributed by atoms with van der Waals surface area (Å²) in [6.45, 7) is 0. The quantitative estimate of drug-likeness (QED) is 0.848. The van der Waals surface area contributed by atoms with E-state index in [1.54, 1.807) is 0 Å². The van der Waals surface area contributed by atoms with Crippen molar-refractivity contribution in [2.45, 2.75) is 4.90 Å². The van der Waals surface area contributed by atoms with Crippen molar-refractivity contribution in [2.75, 3.05) is 10.5 Å². The largest absolute Gasteiger partial charge is 0.397 e. The van der Waals surface area contributed by atoms with Crippen LogP contribution in [0.5, 0.6) is 0 Å². The fourth-order valence-electron chi connectivity index (χ4n) is 1.61. The number of nitrogens with two attached hydrogens (primary N) is 1. The lowest BCUT2D eigenvalue weighted by atomic mass is 10.2. The molecular weight excluding hydrogens is 317 g/mol. The van der Waals surface area contributed by atoms with E-state index < -0.39 is 20.7 Å². The Morgan fingerprint density at radius 3 is 2.57 bits per heavy atom. The van der Waals surface area contributed by atoms with Crippen molar-refractivity contribution in [3.63, 3.8) is 0 Å². The molecule has 8 heteroatoms. The van der Waals surface area contributed by atoms with Crippen molar-refractivity contribution in [2.24, 2.45) is 0 Å². The Morgan fingerprint density at radius 1 is 1.24 bits per heavy atom. The summed E-state index contributed by atoms with van der Waals surface area (Å²) < 4.78 is 39.8. The summed E-state index contributed by atoms with van der Waals surface area (Å²) in [5.74, 6) is -0.729. The van der Waals surface area contributed by atoms with Crippen LogP contribution < -0.4 is 10.5 Å². The highest BCUT2D eigenvalue weighted by atomic mass is 35.5. The smallest absolute Gasteiger partial charge is 0.263 e. The van der Waals surface area contributed by atoms with Gasteiger partial charge in [0.25, 0.3) is 10.0 Å². The number of benzene rings is 2. The maximum atomic E-state index is 13.2. The molecule has 21 heavy (non-hydrogen) atoms. The highest BCUT2D eigenvalue weighted by molar-refractivity contribution is 7.92. The fraction of sp³-hybridized carbons (Fsp3) is 0. The molecule has 108 valence electrons. The van der Waals surface area contributed by atoms with Crippen LogP contribution in [-0.4, -0.2) is 8.42 Å². The molecule has 0 aliphatic carbocycles. The summed E-state index contributed by atoms with van der Waals surface area (Å²) in [6, 6.07) is 8.96. The zero-order chi connectivity index (χ0) is 15.6. The summed E-state index contributed by atoms with van der Waals surface area (Å²) in [5, 5.41) is 8.61. The Balaban J connectivity index is 2.43. The Morgan fingerprint density at radius 2 is 1.95 bits per heavy atom. The number of nitrogens with one attached hydrogen (secondary N) is 1. The van der Waals surface area contributed by atoms with Crippen LogP contribution in [0.2, 0.25) is 5.02 Å². The first kappa shape index (κ1) is 15.1. The van der Waals surface area contributed by atoms with Gasteiger partial charge in [-0.2, -0.15) is 5.26 Å². The van der Waals surface area contributed by atoms with Crippen LogP contribution in [-0.2, 0) is 10.0 Å². The molecule has 2 rings (SSSR count). The molecule has 0 spiro atoms. The molecule has 5 nitrogen and oxygen atoms in total. The van der Waals surface area contributed by atoms with Crippen molar-refractivity contribution in [1.29, 1.82) is 5.26 Å². The number of hydrogen-bond donors (Lipinski definition) is 2. The van der Waals surface area contributed by atoms with Crippen molar-refractivity contribution in [3.8, 4) is 6.07 Å². The summed E-state index contributed by atoms with van der Waals surface area (Å²) in [7, 11) is -4.09. The van der Waals surface area contributed by atoms with Gasteiger partial charge in [0.15, 0.2) is 0 Å². The molecule has 0 atom stereocenters. The molecule has 0 aromatic heterocycles. The average Bonchev–Trinajstić information content (AvgIpc) is 2.43. The minimum absolute atomic E-state index is 0.0742. The van der Waals surface area contributed by atoms with Gasteiger partial charge in [-0.1, -0.05) is 11.6 Å². The molecule has 0 radical (unpaired) electrons. The maximum absolute atomic E-state index is 13.2. The lowest BCUT2D eigenvalue weighted by Gasteiger charge is -2.11. The molecule has 2 aromatic carbocycles. The number of halogens is 2. The molecule has 0 bridgehead atoms. The van der Waals surface area contributed by atoms with Crippen molar-refractivity contribution in [3.05, 3.63) is 52.8 Å². The lowest BCUT2D eigenvalue weighted by Crippen LogP contribution is -2.15. The summed E-state index contributed by atoms with van der Waals surface area (Å²) in [6.07, 6.45) is 0. The van der Waals surface area contributed by atoms with Gasteiger partial charge in [0.05, 0.1) is 28.0 Å². The predicted molar refractivity (Wildman–Crippen MR) is 77.8 cm³/mol. The van der Waals surface area contributed by atoms with E-state index in [0.717, 1.165) is 18.2 Å². The third-order valence-electron chi connectivity index (χ3n) is 2.61. The normalized spacial score (nSPS) is 10.9. The van der Waals surface area contributed by atoms with Gasteiger partial charge in [-0.05, 0) is 36.4 Å². The molecule has 0 saturated heterocycles. The first-order valence-corrected chi connectivity index (χ1v) is 7.47. The van der Waals surface area contributed by atoms with E-state index in [9.17, 15) is 12.8 Å². The van der Waals surface area contributed by atoms with E-state index in [-0.39, 0.29) is 16.4 Å². The second-order valence-corrected chi connectivity index (χ2v) is 6.15. The zero-order valence-corrected chi connectivity index (χ0v) is 12.0. The summed E-state index contributed by atoms with van der Waals surface area (Å²) in [5.41, 5.74) is 6.11. The monoisotopic (exact) mass is 325 g/mol. The van der Waals surface area contributed by atoms with Gasteiger partial charge in [0.1, 0.15) is 10.7 Å². The molecule has 0 aliphatic rings. The molecule has 0 saturated carbocycles. The lowest BCUT2D eigenvalue weighted by molar-refractivity contribution is 0.595. The first-order chi connectivity index (χ1) is 9.83. The van der Waals surface area contributed by atoms with Gasteiger partial charge in [-0.15, -0.1) is 0 Å². The fourth-order valence-corrected chi connectivity index (χ4v) is 3.21. The Bertz CT molecular complexity index is 847. The minimum Gasteiger partial charge on any atom is -0.397 e. The second kappa shape index (κ2) is 5.60. The standard InChI is InChI=1S/C13H9ClFN3O2S/c14-10-3-2-9(15)6-13(10)21(19,20)18-12-4-1-8(7-16)5-11(12)17/h1-6,18H,17H2. The maximum Gasteiger partial charge on any atom is 0.263 e. The molecule has 0 amide bonds. The predicted octanol–water partition coefficient (Wildman–Crippen LogP) is 2.73. The van der Waals surface area contributed by atoms with Gasteiger partial charge >= 0.3 is 0 Å². The van der Waals surface area contributed by atoms with Crippen molar-refractivity contribution >= 4 is 33.0 Å². The number of hydrogen-bond acceptors (Lipinski definition) is 4. The number of nitriles is 1. The highest BCUT2D eigenvalue weighted by Gasteiger charge is 2.20. The van der Waals surface area contributed by atoms with Gasteiger partial charge in [-0.25, -0.2) is 12.8 Å². The number of nitrogen functional groups attached to an aromatic ring is 1. The average molecular weight is 326 g/mol. The van der Waals surface area contributed by atoms with Crippen LogP contribution >= 0.6 is 11.6 Å². The van der Waals surface area contributed by atoms with E-state index in [2.05, 4.69) is 4.72 Å². The number of sulfonamides is 1. The second-order valence-electron chi connectivity index (χ2n) is 4.09. The van der Waals surface area contributed by atoms with Gasteiger partial charge in [0.2, 0.25) is 0 Å². The molecular formula is C13H9ClFN3O2S. The van der Waals surface area contributed by atoms with Crippen LogP contribution in [0.25, 0.3) is 0 Å². The Hall–Kier alpha value is -2.30. The topological polar surface area (TPSA) is 96.0 Å². The Labute approximate surface area is 125 Å². The van der Waals surface area contributed by atoms with Gasteiger partial charge in [0, 0.05) is 0 Å². The molecule has 0 unspecified atom stereocenters. The third-order valence-corrected chi connectivity index (χ3v) is 4.45.